The number of carbonyl (C=O) groups excluding carboxylic acids is 1. The molecule has 0 unspecified atom stereocenters. The average molecular weight is 401 g/mol. The molecule has 0 aliphatic carbocycles. The van der Waals surface area contributed by atoms with E-state index in [1.165, 1.54) is 9.15 Å². The summed E-state index contributed by atoms with van der Waals surface area (Å²) >= 11 is 0. The molecule has 2 aromatic carbocycles. The molecule has 2 heterocycles. The van der Waals surface area contributed by atoms with Crippen LogP contribution in [-0.4, -0.2) is 71.5 Å². The maximum absolute atomic E-state index is 12.6. The van der Waals surface area contributed by atoms with Gasteiger partial charge in [0.25, 0.3) is 5.91 Å². The normalized spacial score (nSPS) is 15.6. The monoisotopic (exact) mass is 401 g/mol. The summed E-state index contributed by atoms with van der Waals surface area (Å²) in [5.41, 5.74) is 1.35. The first-order valence-corrected chi connectivity index (χ1v) is 10.3. The molecule has 0 radical (unpaired) electrons. The van der Waals surface area contributed by atoms with Gasteiger partial charge in [-0.05, 0) is 29.5 Å². The van der Waals surface area contributed by atoms with Crippen molar-refractivity contribution in [2.75, 3.05) is 32.8 Å². The van der Waals surface area contributed by atoms with Gasteiger partial charge in [-0.25, -0.2) is 8.42 Å². The number of hydrogen-bond donors (Lipinski definition) is 0. The number of carbonyl (C=O) groups is 1. The van der Waals surface area contributed by atoms with Crippen molar-refractivity contribution < 1.29 is 18.0 Å². The van der Waals surface area contributed by atoms with Crippen LogP contribution in [0.1, 0.15) is 0 Å². The van der Waals surface area contributed by atoms with Crippen molar-refractivity contribution in [2.24, 2.45) is 0 Å². The van der Waals surface area contributed by atoms with E-state index in [0.29, 0.717) is 24.1 Å². The van der Waals surface area contributed by atoms with Crippen LogP contribution in [0.4, 0.5) is 0 Å². The molecule has 1 aliphatic rings. The van der Waals surface area contributed by atoms with E-state index >= 15 is 0 Å². The summed E-state index contributed by atoms with van der Waals surface area (Å²) in [6.07, 6.45) is 0. The topological polar surface area (TPSA) is 97.6 Å². The molecule has 0 atom stereocenters. The fourth-order valence-corrected chi connectivity index (χ4v) is 4.51. The Bertz CT molecular complexity index is 1080. The van der Waals surface area contributed by atoms with Gasteiger partial charge in [0.2, 0.25) is 10.0 Å². The molecule has 3 aromatic rings. The van der Waals surface area contributed by atoms with E-state index in [-0.39, 0.29) is 30.5 Å². The number of para-hydroxylation sites is 1. The molecular formula is C18H19N5O4S. The summed E-state index contributed by atoms with van der Waals surface area (Å²) < 4.78 is 26.7. The first kappa shape index (κ1) is 18.4. The van der Waals surface area contributed by atoms with Crippen LogP contribution in [0.15, 0.2) is 59.5 Å². The van der Waals surface area contributed by atoms with Gasteiger partial charge in [-0.3, -0.25) is 4.79 Å². The van der Waals surface area contributed by atoms with Crippen LogP contribution >= 0.6 is 0 Å². The van der Waals surface area contributed by atoms with Crippen LogP contribution in [0.2, 0.25) is 0 Å². The summed E-state index contributed by atoms with van der Waals surface area (Å²) in [6, 6.07) is 15.6. The summed E-state index contributed by atoms with van der Waals surface area (Å²) in [7, 11) is -3.54. The Labute approximate surface area is 162 Å². The van der Waals surface area contributed by atoms with Gasteiger partial charge in [0.15, 0.2) is 6.61 Å². The number of fused-ring (bicyclic) bond motifs is 1. The minimum absolute atomic E-state index is 0.196. The SMILES string of the molecule is O=C(COn1nnc2ccccc21)N1CCN(S(=O)(=O)c2ccccc2)CC1. The smallest absolute Gasteiger partial charge is 0.263 e. The molecule has 4 rings (SSSR count). The zero-order chi connectivity index (χ0) is 19.6. The molecule has 28 heavy (non-hydrogen) atoms. The maximum Gasteiger partial charge on any atom is 0.263 e. The Morgan fingerprint density at radius 3 is 2.39 bits per heavy atom. The minimum atomic E-state index is -3.54. The van der Waals surface area contributed by atoms with Crippen molar-refractivity contribution in [1.82, 2.24) is 24.4 Å². The van der Waals surface area contributed by atoms with Crippen molar-refractivity contribution >= 4 is 27.0 Å². The van der Waals surface area contributed by atoms with E-state index in [0.717, 1.165) is 0 Å². The van der Waals surface area contributed by atoms with E-state index < -0.39 is 10.0 Å². The second kappa shape index (κ2) is 7.56. The third-order valence-corrected chi connectivity index (χ3v) is 6.52. The van der Waals surface area contributed by atoms with Crippen molar-refractivity contribution in [3.05, 3.63) is 54.6 Å². The fraction of sp³-hybridized carbons (Fsp3) is 0.278. The number of piperazine rings is 1. The first-order chi connectivity index (χ1) is 13.6. The van der Waals surface area contributed by atoms with Crippen LogP contribution in [0.3, 0.4) is 0 Å². The molecule has 1 saturated heterocycles. The molecular weight excluding hydrogens is 382 g/mol. The van der Waals surface area contributed by atoms with Gasteiger partial charge in [0.05, 0.1) is 4.90 Å². The molecule has 1 aromatic heterocycles. The molecule has 0 spiro atoms. The number of hydrogen-bond acceptors (Lipinski definition) is 6. The number of benzene rings is 2. The van der Waals surface area contributed by atoms with Gasteiger partial charge in [0.1, 0.15) is 11.0 Å². The van der Waals surface area contributed by atoms with Gasteiger partial charge >= 0.3 is 0 Å². The highest BCUT2D eigenvalue weighted by Crippen LogP contribution is 2.17. The lowest BCUT2D eigenvalue weighted by molar-refractivity contribution is -0.137. The van der Waals surface area contributed by atoms with Crippen molar-refractivity contribution in [3.63, 3.8) is 0 Å². The second-order valence-electron chi connectivity index (χ2n) is 6.32. The fourth-order valence-electron chi connectivity index (χ4n) is 3.07. The summed E-state index contributed by atoms with van der Waals surface area (Å²) in [5, 5.41) is 7.84. The lowest BCUT2D eigenvalue weighted by atomic mass is 10.3. The molecule has 1 amide bonds. The predicted octanol–water partition coefficient (Wildman–Crippen LogP) is 0.393. The first-order valence-electron chi connectivity index (χ1n) is 8.82. The number of rotatable bonds is 5. The molecule has 0 saturated carbocycles. The lowest BCUT2D eigenvalue weighted by Crippen LogP contribution is -2.51. The Kier molecular flexibility index (Phi) is 4.97. The second-order valence-corrected chi connectivity index (χ2v) is 8.26. The molecule has 146 valence electrons. The van der Waals surface area contributed by atoms with Crippen molar-refractivity contribution in [2.45, 2.75) is 4.90 Å². The highest BCUT2D eigenvalue weighted by Gasteiger charge is 2.30. The Morgan fingerprint density at radius 2 is 1.64 bits per heavy atom. The minimum Gasteiger partial charge on any atom is -0.385 e. The molecule has 9 nitrogen and oxygen atoms in total. The largest absolute Gasteiger partial charge is 0.385 e. The summed E-state index contributed by atoms with van der Waals surface area (Å²) in [5.74, 6) is -0.226. The van der Waals surface area contributed by atoms with Crippen molar-refractivity contribution in [1.29, 1.82) is 0 Å². The van der Waals surface area contributed by atoms with E-state index in [1.807, 2.05) is 12.1 Å². The predicted molar refractivity (Wildman–Crippen MR) is 101 cm³/mol. The highest BCUT2D eigenvalue weighted by atomic mass is 32.2. The molecule has 0 bridgehead atoms. The molecule has 1 aliphatic heterocycles. The van der Waals surface area contributed by atoms with Gasteiger partial charge in [-0.2, -0.15) is 4.31 Å². The Morgan fingerprint density at radius 1 is 0.964 bits per heavy atom. The molecule has 0 N–H and O–H groups in total. The highest BCUT2D eigenvalue weighted by molar-refractivity contribution is 7.89. The third kappa shape index (κ3) is 3.56. The van der Waals surface area contributed by atoms with Gasteiger partial charge in [0, 0.05) is 26.2 Å². The van der Waals surface area contributed by atoms with Gasteiger partial charge < -0.3 is 9.74 Å². The lowest BCUT2D eigenvalue weighted by Gasteiger charge is -2.33. The quantitative estimate of drug-likeness (QED) is 0.614. The number of aromatic nitrogens is 3. The third-order valence-electron chi connectivity index (χ3n) is 4.60. The maximum atomic E-state index is 12.6. The van der Waals surface area contributed by atoms with Crippen LogP contribution in [0, 0.1) is 0 Å². The van der Waals surface area contributed by atoms with Crippen LogP contribution < -0.4 is 4.84 Å². The average Bonchev–Trinajstić information content (AvgIpc) is 3.16. The Balaban J connectivity index is 1.34. The van der Waals surface area contributed by atoms with E-state index in [1.54, 1.807) is 47.4 Å². The van der Waals surface area contributed by atoms with Crippen LogP contribution in [0.5, 0.6) is 0 Å². The standard InChI is InChI=1S/C18H19N5O4S/c24-18(14-27-23-17-9-5-4-8-16(17)19-20-23)21-10-12-22(13-11-21)28(25,26)15-6-2-1-3-7-15/h1-9H,10-14H2. The Hall–Kier alpha value is -2.98. The van der Waals surface area contributed by atoms with E-state index in [4.69, 9.17) is 4.84 Å². The summed E-state index contributed by atoms with van der Waals surface area (Å²) in [6.45, 7) is 0.919. The number of nitrogens with zero attached hydrogens (tertiary/aromatic N) is 5. The summed E-state index contributed by atoms with van der Waals surface area (Å²) in [4.78, 5) is 21.0. The van der Waals surface area contributed by atoms with Gasteiger partial charge in [-0.1, -0.05) is 35.2 Å². The van der Waals surface area contributed by atoms with E-state index in [9.17, 15) is 13.2 Å². The van der Waals surface area contributed by atoms with Gasteiger partial charge in [-0.15, -0.1) is 5.10 Å². The van der Waals surface area contributed by atoms with Crippen LogP contribution in [0.25, 0.3) is 11.0 Å². The molecule has 1 fully saturated rings. The zero-order valence-electron chi connectivity index (χ0n) is 15.0. The van der Waals surface area contributed by atoms with Crippen LogP contribution in [-0.2, 0) is 14.8 Å². The molecule has 10 heteroatoms. The van der Waals surface area contributed by atoms with Crippen molar-refractivity contribution in [3.8, 4) is 0 Å². The van der Waals surface area contributed by atoms with E-state index in [2.05, 4.69) is 10.3 Å². The number of sulfonamides is 1. The number of amides is 1. The zero-order valence-corrected chi connectivity index (χ0v) is 15.8.